The van der Waals surface area contributed by atoms with E-state index in [1.807, 2.05) is 29.1 Å². The number of benzene rings is 2. The molecule has 27 heavy (non-hydrogen) atoms. The van der Waals surface area contributed by atoms with Gasteiger partial charge < -0.3 is 17.0 Å². The lowest BCUT2D eigenvalue weighted by Gasteiger charge is -2.02. The molecule has 8 heteroatoms. The number of hydrogen-bond donors (Lipinski definition) is 0. The summed E-state index contributed by atoms with van der Waals surface area (Å²) in [5.41, 5.74) is 3.24. The second kappa shape index (κ2) is 9.00. The molecule has 0 N–H and O–H groups in total. The Morgan fingerprint density at radius 3 is 1.52 bits per heavy atom. The van der Waals surface area contributed by atoms with Crippen molar-refractivity contribution in [3.63, 3.8) is 0 Å². The summed E-state index contributed by atoms with van der Waals surface area (Å²) in [6, 6.07) is 17.0. The Kier molecular flexibility index (Phi) is 6.73. The van der Waals surface area contributed by atoms with Crippen LogP contribution in [0.4, 0.5) is 11.4 Å². The molecule has 0 unspecified atom stereocenters. The topological polar surface area (TPSA) is 90.2 Å². The van der Waals surface area contributed by atoms with Crippen molar-refractivity contribution in [2.75, 3.05) is 0 Å². The molecule has 1 heterocycles. The van der Waals surface area contributed by atoms with E-state index in [-0.39, 0.29) is 28.4 Å². The van der Waals surface area contributed by atoms with Crippen LogP contribution in [0.1, 0.15) is 16.7 Å². The quantitative estimate of drug-likeness (QED) is 0.322. The number of hydrogen-bond acceptors (Lipinski definition) is 4. The van der Waals surface area contributed by atoms with Crippen LogP contribution < -0.4 is 21.5 Å². The molecule has 0 radical (unpaired) electrons. The number of nitrogens with zero attached hydrogens (tertiary/aromatic N) is 3. The standard InChI is InChI=1S/C19H16N3O4.BrH/c23-21(24)18-5-1-15(2-6-18)13-16-9-11-20(12-10-16)14-17-3-7-19(8-4-17)22(25)26;/h1-12H,13-14H2;1H/q+1;/p-1. The van der Waals surface area contributed by atoms with Gasteiger partial charge in [-0.25, -0.2) is 4.57 Å². The van der Waals surface area contributed by atoms with Crippen LogP contribution >= 0.6 is 0 Å². The highest BCUT2D eigenvalue weighted by atomic mass is 79.9. The van der Waals surface area contributed by atoms with E-state index in [2.05, 4.69) is 0 Å². The average Bonchev–Trinajstić information content (AvgIpc) is 2.64. The van der Waals surface area contributed by atoms with Crippen LogP contribution in [0.25, 0.3) is 0 Å². The molecule has 0 saturated carbocycles. The van der Waals surface area contributed by atoms with Crippen molar-refractivity contribution >= 4 is 11.4 Å². The van der Waals surface area contributed by atoms with E-state index in [1.54, 1.807) is 24.3 Å². The summed E-state index contributed by atoms with van der Waals surface area (Å²) in [5, 5.41) is 21.4. The molecule has 0 bridgehead atoms. The molecular formula is C19H16BrN3O4. The lowest BCUT2D eigenvalue weighted by Crippen LogP contribution is -3.00. The van der Waals surface area contributed by atoms with Crippen LogP contribution in [0.2, 0.25) is 0 Å². The minimum Gasteiger partial charge on any atom is -1.00 e. The Balaban J connectivity index is 0.00000261. The zero-order chi connectivity index (χ0) is 18.5. The van der Waals surface area contributed by atoms with Crippen LogP contribution in [0, 0.1) is 20.2 Å². The first-order chi connectivity index (χ1) is 12.5. The van der Waals surface area contributed by atoms with Crippen molar-refractivity contribution in [1.29, 1.82) is 0 Å². The first-order valence-corrected chi connectivity index (χ1v) is 7.96. The third-order valence-corrected chi connectivity index (χ3v) is 4.03. The van der Waals surface area contributed by atoms with E-state index < -0.39 is 9.85 Å². The molecule has 0 saturated heterocycles. The first kappa shape index (κ1) is 20.2. The number of halogens is 1. The third-order valence-electron chi connectivity index (χ3n) is 4.03. The molecule has 0 spiro atoms. The minimum atomic E-state index is -0.413. The molecule has 0 atom stereocenters. The summed E-state index contributed by atoms with van der Waals surface area (Å²) in [6.45, 7) is 0.621. The smallest absolute Gasteiger partial charge is 0.269 e. The highest BCUT2D eigenvalue weighted by Gasteiger charge is 2.08. The van der Waals surface area contributed by atoms with Crippen LogP contribution in [0.3, 0.4) is 0 Å². The summed E-state index contributed by atoms with van der Waals surface area (Å²) in [7, 11) is 0. The first-order valence-electron chi connectivity index (χ1n) is 7.96. The number of rotatable bonds is 6. The zero-order valence-electron chi connectivity index (χ0n) is 14.2. The van der Waals surface area contributed by atoms with Gasteiger partial charge in [0.25, 0.3) is 11.4 Å². The fraction of sp³-hybridized carbons (Fsp3) is 0.105. The molecule has 3 aromatic rings. The molecule has 138 valence electrons. The van der Waals surface area contributed by atoms with Gasteiger partial charge in [-0.05, 0) is 29.7 Å². The van der Waals surface area contributed by atoms with Gasteiger partial charge in [0.15, 0.2) is 18.9 Å². The van der Waals surface area contributed by atoms with Crippen LogP contribution in [-0.4, -0.2) is 9.85 Å². The van der Waals surface area contributed by atoms with Crippen LogP contribution in [0.15, 0.2) is 73.1 Å². The Hall–Kier alpha value is -3.13. The van der Waals surface area contributed by atoms with Gasteiger partial charge in [-0.15, -0.1) is 0 Å². The molecule has 2 aromatic carbocycles. The fourth-order valence-electron chi connectivity index (χ4n) is 2.62. The van der Waals surface area contributed by atoms with Crippen molar-refractivity contribution in [3.05, 3.63) is 110 Å². The van der Waals surface area contributed by atoms with Crippen molar-refractivity contribution in [2.24, 2.45) is 0 Å². The van der Waals surface area contributed by atoms with Gasteiger partial charge in [-0.2, -0.15) is 0 Å². The average molecular weight is 430 g/mol. The number of aromatic nitrogens is 1. The second-order valence-electron chi connectivity index (χ2n) is 5.90. The van der Waals surface area contributed by atoms with Gasteiger partial charge in [0, 0.05) is 42.0 Å². The van der Waals surface area contributed by atoms with E-state index in [4.69, 9.17) is 0 Å². The lowest BCUT2D eigenvalue weighted by atomic mass is 10.1. The molecular weight excluding hydrogens is 414 g/mol. The Morgan fingerprint density at radius 2 is 1.07 bits per heavy atom. The highest BCUT2D eigenvalue weighted by molar-refractivity contribution is 5.35. The van der Waals surface area contributed by atoms with Gasteiger partial charge in [-0.3, -0.25) is 20.2 Å². The fourth-order valence-corrected chi connectivity index (χ4v) is 2.62. The third kappa shape index (κ3) is 5.42. The predicted molar refractivity (Wildman–Crippen MR) is 94.7 cm³/mol. The largest absolute Gasteiger partial charge is 1.00 e. The zero-order valence-corrected chi connectivity index (χ0v) is 15.8. The summed E-state index contributed by atoms with van der Waals surface area (Å²) < 4.78 is 1.99. The number of non-ortho nitro benzene ring substituents is 2. The maximum atomic E-state index is 10.7. The van der Waals surface area contributed by atoms with E-state index in [0.29, 0.717) is 13.0 Å². The second-order valence-corrected chi connectivity index (χ2v) is 5.90. The SMILES string of the molecule is O=[N+]([O-])c1ccc(Cc2cc[n+](Cc3ccc([N+](=O)[O-])cc3)cc2)cc1.[Br-]. The van der Waals surface area contributed by atoms with Crippen molar-refractivity contribution in [3.8, 4) is 0 Å². The van der Waals surface area contributed by atoms with E-state index in [9.17, 15) is 20.2 Å². The molecule has 7 nitrogen and oxygen atoms in total. The van der Waals surface area contributed by atoms with Crippen molar-refractivity contribution < 1.29 is 31.4 Å². The van der Waals surface area contributed by atoms with Gasteiger partial charge in [0.1, 0.15) is 0 Å². The number of nitro benzene ring substituents is 2. The summed E-state index contributed by atoms with van der Waals surface area (Å²) >= 11 is 0. The number of pyridine rings is 1. The van der Waals surface area contributed by atoms with E-state index in [0.717, 1.165) is 16.7 Å². The van der Waals surface area contributed by atoms with Gasteiger partial charge in [0.2, 0.25) is 0 Å². The van der Waals surface area contributed by atoms with Crippen molar-refractivity contribution in [2.45, 2.75) is 13.0 Å². The maximum absolute atomic E-state index is 10.7. The minimum absolute atomic E-state index is 0. The monoisotopic (exact) mass is 429 g/mol. The molecule has 0 amide bonds. The van der Waals surface area contributed by atoms with Crippen molar-refractivity contribution in [1.82, 2.24) is 0 Å². The van der Waals surface area contributed by atoms with Gasteiger partial charge in [-0.1, -0.05) is 12.1 Å². The van der Waals surface area contributed by atoms with Crippen LogP contribution in [-0.2, 0) is 13.0 Å². The van der Waals surface area contributed by atoms with E-state index >= 15 is 0 Å². The summed E-state index contributed by atoms with van der Waals surface area (Å²) in [4.78, 5) is 20.5. The normalized spacial score (nSPS) is 10.1. The molecule has 0 aliphatic heterocycles. The molecule has 0 aliphatic rings. The van der Waals surface area contributed by atoms with Gasteiger partial charge in [0.05, 0.1) is 9.85 Å². The van der Waals surface area contributed by atoms with E-state index in [1.165, 1.54) is 24.3 Å². The molecule has 0 aliphatic carbocycles. The van der Waals surface area contributed by atoms with Gasteiger partial charge >= 0.3 is 0 Å². The molecule has 1 aromatic heterocycles. The Labute approximate surface area is 166 Å². The summed E-state index contributed by atoms with van der Waals surface area (Å²) in [6.07, 6.45) is 4.58. The summed E-state index contributed by atoms with van der Waals surface area (Å²) in [5.74, 6) is 0. The lowest BCUT2D eigenvalue weighted by molar-refractivity contribution is -0.688. The molecule has 0 fully saturated rings. The Morgan fingerprint density at radius 1 is 0.667 bits per heavy atom. The highest BCUT2D eigenvalue weighted by Crippen LogP contribution is 2.15. The number of nitro groups is 2. The van der Waals surface area contributed by atoms with Crippen LogP contribution in [0.5, 0.6) is 0 Å². The Bertz CT molecular complexity index is 848. The predicted octanol–water partition coefficient (Wildman–Crippen LogP) is 0.434. The molecule has 3 rings (SSSR count). The maximum Gasteiger partial charge on any atom is 0.269 e.